The van der Waals surface area contributed by atoms with Crippen molar-refractivity contribution in [3.8, 4) is 11.5 Å². The molecule has 0 atom stereocenters. The van der Waals surface area contributed by atoms with Gasteiger partial charge in [-0.1, -0.05) is 28.9 Å². The SMILES string of the molecule is CC(=O)N1CCN(c2ccc(-c3nc(Cc4ccc(Cl)cc4)no3)cn2)CC1. The quantitative estimate of drug-likeness (QED) is 0.673. The van der Waals surface area contributed by atoms with Crippen LogP contribution in [0.4, 0.5) is 5.82 Å². The molecule has 0 aliphatic carbocycles. The number of hydrogen-bond acceptors (Lipinski definition) is 6. The maximum Gasteiger partial charge on any atom is 0.259 e. The Morgan fingerprint density at radius 3 is 2.50 bits per heavy atom. The molecule has 28 heavy (non-hydrogen) atoms. The second-order valence-electron chi connectivity index (χ2n) is 6.72. The Morgan fingerprint density at radius 1 is 1.11 bits per heavy atom. The van der Waals surface area contributed by atoms with Crippen molar-refractivity contribution in [1.82, 2.24) is 20.0 Å². The van der Waals surface area contributed by atoms with Gasteiger partial charge in [0, 0.05) is 50.7 Å². The van der Waals surface area contributed by atoms with E-state index >= 15 is 0 Å². The number of carbonyl (C=O) groups is 1. The van der Waals surface area contributed by atoms with Gasteiger partial charge in [-0.15, -0.1) is 0 Å². The molecular weight excluding hydrogens is 378 g/mol. The number of benzene rings is 1. The molecule has 144 valence electrons. The van der Waals surface area contributed by atoms with Crippen LogP contribution in [-0.2, 0) is 11.2 Å². The smallest absolute Gasteiger partial charge is 0.259 e. The van der Waals surface area contributed by atoms with Gasteiger partial charge in [0.15, 0.2) is 5.82 Å². The number of rotatable bonds is 4. The average Bonchev–Trinajstić information content (AvgIpc) is 3.18. The number of nitrogens with zero attached hydrogens (tertiary/aromatic N) is 5. The summed E-state index contributed by atoms with van der Waals surface area (Å²) in [5, 5.41) is 4.75. The number of aromatic nitrogens is 3. The first-order chi connectivity index (χ1) is 13.6. The van der Waals surface area contributed by atoms with Crippen molar-refractivity contribution in [2.45, 2.75) is 13.3 Å². The van der Waals surface area contributed by atoms with Crippen LogP contribution in [0.2, 0.25) is 5.02 Å². The summed E-state index contributed by atoms with van der Waals surface area (Å²) in [5.74, 6) is 2.06. The lowest BCUT2D eigenvalue weighted by molar-refractivity contribution is -0.129. The highest BCUT2D eigenvalue weighted by molar-refractivity contribution is 6.30. The second kappa shape index (κ2) is 7.98. The normalized spacial score (nSPS) is 14.4. The number of halogens is 1. The standard InChI is InChI=1S/C20H20ClN5O2/c1-14(27)25-8-10-26(11-9-25)19-7-4-16(13-22-19)20-23-18(24-28-20)12-15-2-5-17(21)6-3-15/h2-7,13H,8-12H2,1H3. The van der Waals surface area contributed by atoms with Crippen LogP contribution >= 0.6 is 11.6 Å². The van der Waals surface area contributed by atoms with Crippen molar-refractivity contribution in [2.75, 3.05) is 31.1 Å². The molecule has 7 nitrogen and oxygen atoms in total. The van der Waals surface area contributed by atoms with E-state index in [1.807, 2.05) is 41.3 Å². The lowest BCUT2D eigenvalue weighted by Crippen LogP contribution is -2.48. The van der Waals surface area contributed by atoms with E-state index in [0.29, 0.717) is 23.2 Å². The summed E-state index contributed by atoms with van der Waals surface area (Å²) >= 11 is 5.91. The molecule has 0 N–H and O–H groups in total. The first kappa shape index (κ1) is 18.4. The Hall–Kier alpha value is -2.93. The first-order valence-electron chi connectivity index (χ1n) is 9.12. The van der Waals surface area contributed by atoms with Gasteiger partial charge in [-0.3, -0.25) is 4.79 Å². The monoisotopic (exact) mass is 397 g/mol. The summed E-state index contributed by atoms with van der Waals surface area (Å²) in [6.07, 6.45) is 2.32. The van der Waals surface area contributed by atoms with E-state index in [9.17, 15) is 4.79 Å². The van der Waals surface area contributed by atoms with Gasteiger partial charge >= 0.3 is 0 Å². The Bertz CT molecular complexity index is 947. The van der Waals surface area contributed by atoms with Gasteiger partial charge in [0.1, 0.15) is 5.82 Å². The molecule has 1 amide bonds. The topological polar surface area (TPSA) is 75.4 Å². The Kier molecular flexibility index (Phi) is 5.25. The van der Waals surface area contributed by atoms with Crippen LogP contribution in [0.15, 0.2) is 47.1 Å². The molecule has 0 saturated carbocycles. The van der Waals surface area contributed by atoms with Gasteiger partial charge < -0.3 is 14.3 Å². The third-order valence-corrected chi connectivity index (χ3v) is 5.04. The zero-order valence-corrected chi connectivity index (χ0v) is 16.3. The van der Waals surface area contributed by atoms with Crippen LogP contribution in [0.5, 0.6) is 0 Å². The van der Waals surface area contributed by atoms with Crippen molar-refractivity contribution in [3.05, 3.63) is 59.0 Å². The lowest BCUT2D eigenvalue weighted by Gasteiger charge is -2.34. The fourth-order valence-electron chi connectivity index (χ4n) is 3.18. The number of hydrogen-bond donors (Lipinski definition) is 0. The molecule has 0 bridgehead atoms. The van der Waals surface area contributed by atoms with E-state index in [1.165, 1.54) is 0 Å². The van der Waals surface area contributed by atoms with Crippen LogP contribution in [0.3, 0.4) is 0 Å². The molecule has 0 unspecified atom stereocenters. The third-order valence-electron chi connectivity index (χ3n) is 4.79. The Balaban J connectivity index is 1.41. The molecule has 0 spiro atoms. The minimum atomic E-state index is 0.119. The van der Waals surface area contributed by atoms with Crippen LogP contribution in [0, 0.1) is 0 Å². The summed E-state index contributed by atoms with van der Waals surface area (Å²) in [6, 6.07) is 11.5. The largest absolute Gasteiger partial charge is 0.353 e. The highest BCUT2D eigenvalue weighted by Gasteiger charge is 2.19. The molecule has 1 saturated heterocycles. The van der Waals surface area contributed by atoms with Gasteiger partial charge in [-0.2, -0.15) is 4.98 Å². The number of pyridine rings is 1. The van der Waals surface area contributed by atoms with E-state index in [2.05, 4.69) is 20.0 Å². The van der Waals surface area contributed by atoms with Crippen molar-refractivity contribution >= 4 is 23.3 Å². The molecule has 1 fully saturated rings. The zero-order valence-electron chi connectivity index (χ0n) is 15.5. The van der Waals surface area contributed by atoms with Crippen LogP contribution in [0.25, 0.3) is 11.5 Å². The predicted molar refractivity (Wildman–Crippen MR) is 106 cm³/mol. The molecule has 3 aromatic rings. The molecular formula is C20H20ClN5O2. The van der Waals surface area contributed by atoms with E-state index in [-0.39, 0.29) is 5.91 Å². The van der Waals surface area contributed by atoms with Gasteiger partial charge in [-0.05, 0) is 29.8 Å². The summed E-state index contributed by atoms with van der Waals surface area (Å²) in [6.45, 7) is 4.59. The molecule has 8 heteroatoms. The van der Waals surface area contributed by atoms with E-state index < -0.39 is 0 Å². The van der Waals surface area contributed by atoms with E-state index in [4.69, 9.17) is 16.1 Å². The maximum absolute atomic E-state index is 11.4. The fraction of sp³-hybridized carbons (Fsp3) is 0.300. The minimum absolute atomic E-state index is 0.119. The van der Waals surface area contributed by atoms with Crippen LogP contribution < -0.4 is 4.90 Å². The number of piperazine rings is 1. The molecule has 4 rings (SSSR count). The Labute approximate surface area is 167 Å². The second-order valence-corrected chi connectivity index (χ2v) is 7.15. The molecule has 1 aliphatic heterocycles. The van der Waals surface area contributed by atoms with Gasteiger partial charge in [0.2, 0.25) is 5.91 Å². The van der Waals surface area contributed by atoms with Gasteiger partial charge in [0.05, 0.1) is 5.56 Å². The summed E-state index contributed by atoms with van der Waals surface area (Å²) < 4.78 is 5.39. The van der Waals surface area contributed by atoms with Crippen molar-refractivity contribution < 1.29 is 9.32 Å². The van der Waals surface area contributed by atoms with Gasteiger partial charge in [0.25, 0.3) is 5.89 Å². The molecule has 3 heterocycles. The highest BCUT2D eigenvalue weighted by atomic mass is 35.5. The van der Waals surface area contributed by atoms with Gasteiger partial charge in [-0.25, -0.2) is 4.98 Å². The molecule has 1 aromatic carbocycles. The molecule has 0 radical (unpaired) electrons. The summed E-state index contributed by atoms with van der Waals surface area (Å²) in [5.41, 5.74) is 1.84. The van der Waals surface area contributed by atoms with Crippen molar-refractivity contribution in [3.63, 3.8) is 0 Å². The highest BCUT2D eigenvalue weighted by Crippen LogP contribution is 2.21. The fourth-order valence-corrected chi connectivity index (χ4v) is 3.30. The zero-order chi connectivity index (χ0) is 19.5. The first-order valence-corrected chi connectivity index (χ1v) is 9.50. The average molecular weight is 398 g/mol. The number of carbonyl (C=O) groups excluding carboxylic acids is 1. The minimum Gasteiger partial charge on any atom is -0.353 e. The van der Waals surface area contributed by atoms with E-state index in [0.717, 1.165) is 43.1 Å². The lowest BCUT2D eigenvalue weighted by atomic mass is 10.1. The van der Waals surface area contributed by atoms with E-state index in [1.54, 1.807) is 13.1 Å². The third kappa shape index (κ3) is 4.14. The Morgan fingerprint density at radius 2 is 1.86 bits per heavy atom. The predicted octanol–water partition coefficient (Wildman–Crippen LogP) is 3.04. The molecule has 2 aromatic heterocycles. The summed E-state index contributed by atoms with van der Waals surface area (Å²) in [4.78, 5) is 24.5. The summed E-state index contributed by atoms with van der Waals surface area (Å²) in [7, 11) is 0. The number of amides is 1. The maximum atomic E-state index is 11.4. The number of anilines is 1. The van der Waals surface area contributed by atoms with Crippen LogP contribution in [0.1, 0.15) is 18.3 Å². The van der Waals surface area contributed by atoms with Crippen LogP contribution in [-0.4, -0.2) is 52.1 Å². The van der Waals surface area contributed by atoms with Crippen molar-refractivity contribution in [2.24, 2.45) is 0 Å². The van der Waals surface area contributed by atoms with Crippen molar-refractivity contribution in [1.29, 1.82) is 0 Å². The molecule has 1 aliphatic rings.